The number of carboxylic acids is 1. The Labute approximate surface area is 121 Å². The van der Waals surface area contributed by atoms with Crippen LogP contribution in [0.1, 0.15) is 71.6 Å². The Bertz CT molecular complexity index is 387. The monoisotopic (exact) mass is 281 g/mol. The van der Waals surface area contributed by atoms with Gasteiger partial charge in [-0.15, -0.1) is 0 Å². The number of carbonyl (C=O) groups excluding carboxylic acids is 1. The molecule has 1 aliphatic heterocycles. The molecule has 1 saturated heterocycles. The zero-order valence-electron chi connectivity index (χ0n) is 12.8. The fourth-order valence-corrected chi connectivity index (χ4v) is 4.23. The van der Waals surface area contributed by atoms with Crippen molar-refractivity contribution < 1.29 is 14.7 Å². The summed E-state index contributed by atoms with van der Waals surface area (Å²) >= 11 is 0. The number of hydrogen-bond donors (Lipinski definition) is 1. The van der Waals surface area contributed by atoms with Crippen LogP contribution in [-0.4, -0.2) is 34.0 Å². The second-order valence-electron chi connectivity index (χ2n) is 6.49. The van der Waals surface area contributed by atoms with E-state index in [1.54, 1.807) is 4.90 Å². The lowest BCUT2D eigenvalue weighted by atomic mass is 9.80. The fraction of sp³-hybridized carbons (Fsp3) is 0.875. The number of carbonyl (C=O) groups is 2. The summed E-state index contributed by atoms with van der Waals surface area (Å²) in [7, 11) is 0. The van der Waals surface area contributed by atoms with Crippen molar-refractivity contribution >= 4 is 11.9 Å². The molecule has 0 aromatic heterocycles. The normalized spacial score (nSPS) is 28.8. The molecule has 4 heteroatoms. The number of carboxylic acid groups (broad SMARTS) is 1. The van der Waals surface area contributed by atoms with E-state index in [0.717, 1.165) is 44.9 Å². The van der Waals surface area contributed by atoms with E-state index in [1.807, 2.05) is 6.92 Å². The van der Waals surface area contributed by atoms with Gasteiger partial charge in [0.25, 0.3) is 0 Å². The molecule has 0 spiro atoms. The summed E-state index contributed by atoms with van der Waals surface area (Å²) in [6.07, 6.45) is 7.70. The summed E-state index contributed by atoms with van der Waals surface area (Å²) in [5.74, 6) is -0.694. The van der Waals surface area contributed by atoms with E-state index in [9.17, 15) is 14.7 Å². The standard InChI is InChI=1S/C16H27NO3/c1-3-8-16(14(19)20)11-7-12-17(16)13(18)15(4-2)9-5-6-10-15/h3-12H2,1-2H3,(H,19,20). The Morgan fingerprint density at radius 2 is 1.75 bits per heavy atom. The first kappa shape index (κ1) is 15.3. The number of nitrogens with zero attached hydrogens (tertiary/aromatic N) is 1. The minimum absolute atomic E-state index is 0.117. The smallest absolute Gasteiger partial charge is 0.329 e. The Hall–Kier alpha value is -1.06. The van der Waals surface area contributed by atoms with Crippen molar-refractivity contribution in [3.63, 3.8) is 0 Å². The molecule has 2 rings (SSSR count). The maximum Gasteiger partial charge on any atom is 0.329 e. The lowest BCUT2D eigenvalue weighted by Gasteiger charge is -2.40. The molecule has 1 saturated carbocycles. The average molecular weight is 281 g/mol. The molecule has 0 aromatic carbocycles. The Kier molecular flexibility index (Phi) is 4.40. The highest BCUT2D eigenvalue weighted by Crippen LogP contribution is 2.46. The molecular formula is C16H27NO3. The lowest BCUT2D eigenvalue weighted by molar-refractivity contribution is -0.162. The molecule has 0 radical (unpaired) electrons. The van der Waals surface area contributed by atoms with Gasteiger partial charge in [0.1, 0.15) is 5.54 Å². The van der Waals surface area contributed by atoms with Gasteiger partial charge < -0.3 is 10.0 Å². The van der Waals surface area contributed by atoms with Gasteiger partial charge in [-0.25, -0.2) is 4.79 Å². The van der Waals surface area contributed by atoms with E-state index in [2.05, 4.69) is 6.92 Å². The summed E-state index contributed by atoms with van der Waals surface area (Å²) in [6.45, 7) is 4.69. The molecule has 0 bridgehead atoms. The number of likely N-dealkylation sites (tertiary alicyclic amines) is 1. The van der Waals surface area contributed by atoms with Gasteiger partial charge in [-0.2, -0.15) is 0 Å². The van der Waals surface area contributed by atoms with Crippen molar-refractivity contribution in [1.82, 2.24) is 4.90 Å². The van der Waals surface area contributed by atoms with Crippen molar-refractivity contribution in [2.24, 2.45) is 5.41 Å². The third-order valence-corrected chi connectivity index (χ3v) is 5.49. The van der Waals surface area contributed by atoms with Crippen LogP contribution in [0, 0.1) is 5.41 Å². The van der Waals surface area contributed by atoms with Crippen molar-refractivity contribution in [1.29, 1.82) is 0 Å². The van der Waals surface area contributed by atoms with Gasteiger partial charge >= 0.3 is 5.97 Å². The van der Waals surface area contributed by atoms with Gasteiger partial charge in [0.2, 0.25) is 5.91 Å². The lowest BCUT2D eigenvalue weighted by Crippen LogP contribution is -2.56. The quantitative estimate of drug-likeness (QED) is 0.842. The van der Waals surface area contributed by atoms with Gasteiger partial charge in [-0.1, -0.05) is 33.1 Å². The minimum atomic E-state index is -0.934. The van der Waals surface area contributed by atoms with Gasteiger partial charge in [-0.05, 0) is 38.5 Å². The van der Waals surface area contributed by atoms with Crippen molar-refractivity contribution in [2.75, 3.05) is 6.54 Å². The van der Waals surface area contributed by atoms with Gasteiger partial charge in [0.05, 0.1) is 0 Å². The zero-order valence-corrected chi connectivity index (χ0v) is 12.8. The van der Waals surface area contributed by atoms with Gasteiger partial charge in [0, 0.05) is 12.0 Å². The van der Waals surface area contributed by atoms with Crippen LogP contribution in [0.2, 0.25) is 0 Å². The highest BCUT2D eigenvalue weighted by atomic mass is 16.4. The van der Waals surface area contributed by atoms with Crippen LogP contribution >= 0.6 is 0 Å². The molecule has 1 amide bonds. The first-order valence-corrected chi connectivity index (χ1v) is 8.08. The van der Waals surface area contributed by atoms with Crippen LogP contribution in [0.3, 0.4) is 0 Å². The molecule has 1 unspecified atom stereocenters. The minimum Gasteiger partial charge on any atom is -0.479 e. The first-order chi connectivity index (χ1) is 9.52. The Morgan fingerprint density at radius 3 is 2.25 bits per heavy atom. The van der Waals surface area contributed by atoms with Crippen molar-refractivity contribution in [3.05, 3.63) is 0 Å². The highest BCUT2D eigenvalue weighted by molar-refractivity contribution is 5.90. The van der Waals surface area contributed by atoms with E-state index in [1.165, 1.54) is 0 Å². The predicted molar refractivity (Wildman–Crippen MR) is 77.4 cm³/mol. The molecule has 20 heavy (non-hydrogen) atoms. The second-order valence-corrected chi connectivity index (χ2v) is 6.49. The van der Waals surface area contributed by atoms with Crippen LogP contribution in [0.25, 0.3) is 0 Å². The number of aliphatic carboxylic acids is 1. The largest absolute Gasteiger partial charge is 0.479 e. The fourth-order valence-electron chi connectivity index (χ4n) is 4.23. The topological polar surface area (TPSA) is 57.6 Å². The van der Waals surface area contributed by atoms with E-state index in [4.69, 9.17) is 0 Å². The van der Waals surface area contributed by atoms with E-state index >= 15 is 0 Å². The first-order valence-electron chi connectivity index (χ1n) is 8.08. The van der Waals surface area contributed by atoms with E-state index < -0.39 is 11.5 Å². The summed E-state index contributed by atoms with van der Waals surface area (Å²) in [4.78, 5) is 26.6. The summed E-state index contributed by atoms with van der Waals surface area (Å²) in [6, 6.07) is 0. The van der Waals surface area contributed by atoms with Crippen LogP contribution in [0.15, 0.2) is 0 Å². The molecule has 114 valence electrons. The molecule has 2 aliphatic rings. The highest BCUT2D eigenvalue weighted by Gasteiger charge is 2.53. The maximum atomic E-state index is 13.1. The Morgan fingerprint density at radius 1 is 1.10 bits per heavy atom. The molecule has 1 heterocycles. The summed E-state index contributed by atoms with van der Waals surface area (Å²) in [5.41, 5.74) is -1.21. The van der Waals surface area contributed by atoms with Crippen molar-refractivity contribution in [2.45, 2.75) is 77.2 Å². The molecule has 0 aromatic rings. The molecule has 1 aliphatic carbocycles. The van der Waals surface area contributed by atoms with Gasteiger partial charge in [0.15, 0.2) is 0 Å². The maximum absolute atomic E-state index is 13.1. The third-order valence-electron chi connectivity index (χ3n) is 5.49. The molecule has 1 atom stereocenters. The van der Waals surface area contributed by atoms with Crippen LogP contribution in [-0.2, 0) is 9.59 Å². The molecule has 2 fully saturated rings. The number of rotatable bonds is 5. The third kappa shape index (κ3) is 2.23. The number of amides is 1. The summed E-state index contributed by atoms with van der Waals surface area (Å²) < 4.78 is 0. The molecular weight excluding hydrogens is 254 g/mol. The van der Waals surface area contributed by atoms with E-state index in [0.29, 0.717) is 19.4 Å². The Balaban J connectivity index is 2.29. The van der Waals surface area contributed by atoms with Crippen LogP contribution < -0.4 is 0 Å². The molecule has 1 N–H and O–H groups in total. The van der Waals surface area contributed by atoms with Gasteiger partial charge in [-0.3, -0.25) is 4.79 Å². The number of hydrogen-bond acceptors (Lipinski definition) is 2. The average Bonchev–Trinajstić information content (AvgIpc) is 3.06. The van der Waals surface area contributed by atoms with Crippen LogP contribution in [0.5, 0.6) is 0 Å². The van der Waals surface area contributed by atoms with Crippen LogP contribution in [0.4, 0.5) is 0 Å². The summed E-state index contributed by atoms with van der Waals surface area (Å²) in [5, 5.41) is 9.72. The van der Waals surface area contributed by atoms with Crippen molar-refractivity contribution in [3.8, 4) is 0 Å². The second kappa shape index (κ2) is 5.74. The zero-order chi connectivity index (χ0) is 14.8. The predicted octanol–water partition coefficient (Wildman–Crippen LogP) is 3.20. The molecule has 4 nitrogen and oxygen atoms in total. The van der Waals surface area contributed by atoms with E-state index in [-0.39, 0.29) is 11.3 Å². The SMILES string of the molecule is CCCC1(C(=O)O)CCCN1C(=O)C1(CC)CCCC1.